The number of methoxy groups -OCH3 is 2. The van der Waals surface area contributed by atoms with Crippen LogP contribution in [-0.4, -0.2) is 20.1 Å². The van der Waals surface area contributed by atoms with Crippen LogP contribution in [0.3, 0.4) is 0 Å². The zero-order valence-electron chi connectivity index (χ0n) is 11.1. The highest BCUT2D eigenvalue weighted by Crippen LogP contribution is 2.26. The van der Waals surface area contributed by atoms with Crippen LogP contribution in [0.1, 0.15) is 10.4 Å². The van der Waals surface area contributed by atoms with Crippen LogP contribution in [0, 0.1) is 0 Å². The molecule has 0 atom stereocenters. The minimum absolute atomic E-state index is 0.193. The van der Waals surface area contributed by atoms with Gasteiger partial charge in [0.25, 0.3) is 5.91 Å². The smallest absolute Gasteiger partial charge is 0.255 e. The Balaban J connectivity index is 2.17. The molecule has 0 aliphatic rings. The fraction of sp³-hybridized carbons (Fsp3) is 0.133. The fourth-order valence-electron chi connectivity index (χ4n) is 1.71. The molecule has 2 rings (SSSR count). The van der Waals surface area contributed by atoms with Crippen LogP contribution in [0.5, 0.6) is 11.5 Å². The second kappa shape index (κ2) is 6.43. The zero-order valence-corrected chi connectivity index (χ0v) is 12.7. The van der Waals surface area contributed by atoms with Gasteiger partial charge in [0.05, 0.1) is 18.7 Å². The van der Waals surface area contributed by atoms with E-state index in [4.69, 9.17) is 9.47 Å². The number of carbonyl (C=O) groups excluding carboxylic acids is 1. The first kappa shape index (κ1) is 14.4. The number of halogens is 1. The summed E-state index contributed by atoms with van der Waals surface area (Å²) in [7, 11) is 3.16. The average molecular weight is 336 g/mol. The Morgan fingerprint density at radius 3 is 2.55 bits per heavy atom. The summed E-state index contributed by atoms with van der Waals surface area (Å²) in [6.07, 6.45) is 0. The van der Waals surface area contributed by atoms with Crippen LogP contribution in [-0.2, 0) is 0 Å². The summed E-state index contributed by atoms with van der Waals surface area (Å²) in [6.45, 7) is 0. The molecule has 1 N–H and O–H groups in total. The molecule has 0 saturated heterocycles. The maximum atomic E-state index is 12.2. The third-order valence-corrected chi connectivity index (χ3v) is 3.36. The predicted octanol–water partition coefficient (Wildman–Crippen LogP) is 3.72. The van der Waals surface area contributed by atoms with Crippen LogP contribution in [0.15, 0.2) is 46.9 Å². The highest BCUT2D eigenvalue weighted by Gasteiger charge is 2.09. The van der Waals surface area contributed by atoms with Crippen molar-refractivity contribution in [1.29, 1.82) is 0 Å². The number of amides is 1. The monoisotopic (exact) mass is 335 g/mol. The Morgan fingerprint density at radius 2 is 1.90 bits per heavy atom. The molecule has 0 aromatic heterocycles. The van der Waals surface area contributed by atoms with Gasteiger partial charge in [-0.15, -0.1) is 0 Å². The van der Waals surface area contributed by atoms with E-state index in [0.29, 0.717) is 22.7 Å². The van der Waals surface area contributed by atoms with Crippen molar-refractivity contribution in [1.82, 2.24) is 0 Å². The number of benzene rings is 2. The maximum Gasteiger partial charge on any atom is 0.255 e. The molecule has 2 aromatic carbocycles. The molecule has 0 aliphatic carbocycles. The van der Waals surface area contributed by atoms with Crippen molar-refractivity contribution in [3.8, 4) is 11.5 Å². The molecule has 4 nitrogen and oxygen atoms in total. The van der Waals surface area contributed by atoms with Gasteiger partial charge in [-0.05, 0) is 46.3 Å². The first-order chi connectivity index (χ1) is 9.63. The van der Waals surface area contributed by atoms with Gasteiger partial charge in [-0.25, -0.2) is 0 Å². The van der Waals surface area contributed by atoms with Crippen LogP contribution in [0.25, 0.3) is 0 Å². The van der Waals surface area contributed by atoms with E-state index in [9.17, 15) is 4.79 Å². The molecule has 0 fully saturated rings. The summed E-state index contributed by atoms with van der Waals surface area (Å²) < 4.78 is 11.0. The third kappa shape index (κ3) is 3.30. The van der Waals surface area contributed by atoms with Gasteiger partial charge in [-0.3, -0.25) is 4.79 Å². The lowest BCUT2D eigenvalue weighted by Gasteiger charge is -2.08. The summed E-state index contributed by atoms with van der Waals surface area (Å²) in [6, 6.07) is 12.4. The van der Waals surface area contributed by atoms with Crippen molar-refractivity contribution in [3.05, 3.63) is 52.5 Å². The first-order valence-corrected chi connectivity index (χ1v) is 6.72. The molecule has 0 radical (unpaired) electrons. The fourth-order valence-corrected chi connectivity index (χ4v) is 2.25. The quantitative estimate of drug-likeness (QED) is 0.926. The molecule has 0 spiro atoms. The SMILES string of the molecule is COc1cccc(NC(=O)c2ccc(OC)c(Br)c2)c1. The summed E-state index contributed by atoms with van der Waals surface area (Å²) in [4.78, 5) is 12.2. The Labute approximate surface area is 125 Å². The third-order valence-electron chi connectivity index (χ3n) is 2.74. The standard InChI is InChI=1S/C15H14BrNO3/c1-19-12-5-3-4-11(9-12)17-15(18)10-6-7-14(20-2)13(16)8-10/h3-9H,1-2H3,(H,17,18). The summed E-state index contributed by atoms with van der Waals surface area (Å²) in [5, 5.41) is 2.82. The zero-order chi connectivity index (χ0) is 14.5. The van der Waals surface area contributed by atoms with Crippen molar-refractivity contribution >= 4 is 27.5 Å². The highest BCUT2D eigenvalue weighted by atomic mass is 79.9. The van der Waals surface area contributed by atoms with Gasteiger partial charge >= 0.3 is 0 Å². The molecule has 20 heavy (non-hydrogen) atoms. The van der Waals surface area contributed by atoms with Crippen molar-refractivity contribution in [2.45, 2.75) is 0 Å². The minimum atomic E-state index is -0.193. The minimum Gasteiger partial charge on any atom is -0.497 e. The molecular weight excluding hydrogens is 322 g/mol. The Bertz CT molecular complexity index is 628. The van der Waals surface area contributed by atoms with Gasteiger partial charge in [0.2, 0.25) is 0 Å². The Morgan fingerprint density at radius 1 is 1.10 bits per heavy atom. The van der Waals surface area contributed by atoms with E-state index in [-0.39, 0.29) is 5.91 Å². The Kier molecular flexibility index (Phi) is 4.63. The average Bonchev–Trinajstić information content (AvgIpc) is 2.47. The summed E-state index contributed by atoms with van der Waals surface area (Å²) in [5.74, 6) is 1.18. The van der Waals surface area contributed by atoms with Gasteiger partial charge < -0.3 is 14.8 Å². The molecular formula is C15H14BrNO3. The second-order valence-electron chi connectivity index (χ2n) is 4.04. The van der Waals surface area contributed by atoms with E-state index in [1.165, 1.54) is 0 Å². The molecule has 2 aromatic rings. The molecule has 0 heterocycles. The largest absolute Gasteiger partial charge is 0.497 e. The predicted molar refractivity (Wildman–Crippen MR) is 81.6 cm³/mol. The summed E-state index contributed by atoms with van der Waals surface area (Å²) >= 11 is 3.36. The lowest BCUT2D eigenvalue weighted by molar-refractivity contribution is 0.102. The first-order valence-electron chi connectivity index (χ1n) is 5.93. The van der Waals surface area contributed by atoms with Crippen LogP contribution >= 0.6 is 15.9 Å². The Hall–Kier alpha value is -2.01. The lowest BCUT2D eigenvalue weighted by atomic mass is 10.2. The van der Waals surface area contributed by atoms with E-state index in [2.05, 4.69) is 21.2 Å². The van der Waals surface area contributed by atoms with E-state index in [0.717, 1.165) is 4.47 Å². The van der Waals surface area contributed by atoms with Crippen molar-refractivity contribution in [2.24, 2.45) is 0 Å². The maximum absolute atomic E-state index is 12.2. The molecule has 5 heteroatoms. The van der Waals surface area contributed by atoms with Gasteiger partial charge in [0.15, 0.2) is 0 Å². The second-order valence-corrected chi connectivity index (χ2v) is 4.89. The van der Waals surface area contributed by atoms with Gasteiger partial charge in [-0.1, -0.05) is 6.07 Å². The molecule has 0 saturated carbocycles. The molecule has 1 amide bonds. The van der Waals surface area contributed by atoms with E-state index >= 15 is 0 Å². The van der Waals surface area contributed by atoms with Crippen LogP contribution in [0.4, 0.5) is 5.69 Å². The topological polar surface area (TPSA) is 47.6 Å². The van der Waals surface area contributed by atoms with Gasteiger partial charge in [0, 0.05) is 17.3 Å². The van der Waals surface area contributed by atoms with Gasteiger partial charge in [0.1, 0.15) is 11.5 Å². The lowest BCUT2D eigenvalue weighted by Crippen LogP contribution is -2.11. The summed E-state index contributed by atoms with van der Waals surface area (Å²) in [5.41, 5.74) is 1.22. The number of carbonyl (C=O) groups is 1. The number of hydrogen-bond donors (Lipinski definition) is 1. The van der Waals surface area contributed by atoms with E-state index in [1.807, 2.05) is 12.1 Å². The number of nitrogens with one attached hydrogen (secondary N) is 1. The normalized spacial score (nSPS) is 9.95. The number of rotatable bonds is 4. The van der Waals surface area contributed by atoms with Crippen molar-refractivity contribution in [3.63, 3.8) is 0 Å². The van der Waals surface area contributed by atoms with Gasteiger partial charge in [-0.2, -0.15) is 0 Å². The van der Waals surface area contributed by atoms with Crippen LogP contribution < -0.4 is 14.8 Å². The molecule has 0 unspecified atom stereocenters. The molecule has 0 aliphatic heterocycles. The van der Waals surface area contributed by atoms with Crippen molar-refractivity contribution < 1.29 is 14.3 Å². The number of ether oxygens (including phenoxy) is 2. The molecule has 0 bridgehead atoms. The van der Waals surface area contributed by atoms with Crippen LogP contribution in [0.2, 0.25) is 0 Å². The van der Waals surface area contributed by atoms with E-state index in [1.54, 1.807) is 44.6 Å². The highest BCUT2D eigenvalue weighted by molar-refractivity contribution is 9.10. The van der Waals surface area contributed by atoms with Crippen molar-refractivity contribution in [2.75, 3.05) is 19.5 Å². The van der Waals surface area contributed by atoms with E-state index < -0.39 is 0 Å². The molecule has 104 valence electrons. The number of anilines is 1. The number of hydrogen-bond acceptors (Lipinski definition) is 3.